The first-order valence-electron chi connectivity index (χ1n) is 6.30. The number of rotatable bonds is 0. The van der Waals surface area contributed by atoms with E-state index in [0.717, 1.165) is 24.3 Å². The van der Waals surface area contributed by atoms with Crippen molar-refractivity contribution in [1.29, 1.82) is 0 Å². The lowest BCUT2D eigenvalue weighted by atomic mass is 9.73. The fourth-order valence-electron chi connectivity index (χ4n) is 3.67. The summed E-state index contributed by atoms with van der Waals surface area (Å²) in [4.78, 5) is 6.99. The molecule has 0 N–H and O–H groups in total. The monoisotopic (exact) mass is 250 g/mol. The zero-order valence-electron chi connectivity index (χ0n) is 9.66. The average Bonchev–Trinajstić information content (AvgIpc) is 2.64. The molecule has 2 bridgehead atoms. The molecule has 0 aliphatic carbocycles. The van der Waals surface area contributed by atoms with E-state index in [2.05, 4.69) is 9.88 Å². The Morgan fingerprint density at radius 3 is 3.29 bits per heavy atom. The van der Waals surface area contributed by atoms with Gasteiger partial charge in [-0.2, -0.15) is 0 Å². The van der Waals surface area contributed by atoms with Crippen LogP contribution in [0.4, 0.5) is 0 Å². The fourth-order valence-corrected chi connectivity index (χ4v) is 3.83. The lowest BCUT2D eigenvalue weighted by molar-refractivity contribution is -0.00191. The number of halogens is 1. The van der Waals surface area contributed by atoms with Crippen LogP contribution in [-0.4, -0.2) is 35.6 Å². The molecule has 3 atom stereocenters. The quantitative estimate of drug-likeness (QED) is 0.660. The van der Waals surface area contributed by atoms with E-state index in [1.807, 2.05) is 12.1 Å². The molecule has 0 amide bonds. The summed E-state index contributed by atoms with van der Waals surface area (Å²) in [5, 5.41) is 0.577. The van der Waals surface area contributed by atoms with Crippen molar-refractivity contribution in [3.8, 4) is 5.75 Å². The van der Waals surface area contributed by atoms with Gasteiger partial charge < -0.3 is 9.64 Å². The Bertz CT molecular complexity index is 478. The standard InChI is InChI=1S/C13H15ClN2O/c14-12-2-1-10-9(15-12)7-13-4-6-16(8-13)5-3-11(13)17-10/h1-2,11H,3-8H2. The molecule has 0 aromatic carbocycles. The number of nitrogens with zero attached hydrogens (tertiary/aromatic N) is 2. The van der Waals surface area contributed by atoms with Crippen molar-refractivity contribution in [2.24, 2.45) is 5.41 Å². The van der Waals surface area contributed by atoms with Crippen LogP contribution in [0.25, 0.3) is 0 Å². The van der Waals surface area contributed by atoms with Gasteiger partial charge in [-0.05, 0) is 31.5 Å². The zero-order chi connectivity index (χ0) is 11.5. The Kier molecular flexibility index (Phi) is 2.01. The first-order valence-corrected chi connectivity index (χ1v) is 6.67. The molecule has 3 nitrogen and oxygen atoms in total. The molecule has 90 valence electrons. The van der Waals surface area contributed by atoms with Gasteiger partial charge in [-0.15, -0.1) is 0 Å². The summed E-state index contributed by atoms with van der Waals surface area (Å²) in [6.45, 7) is 3.57. The molecule has 2 fully saturated rings. The highest BCUT2D eigenvalue weighted by Crippen LogP contribution is 2.48. The molecule has 3 aliphatic rings. The average molecular weight is 251 g/mol. The summed E-state index contributed by atoms with van der Waals surface area (Å²) in [5.41, 5.74) is 1.36. The number of pyridine rings is 1. The summed E-state index contributed by atoms with van der Waals surface area (Å²) in [7, 11) is 0. The van der Waals surface area contributed by atoms with Crippen molar-refractivity contribution >= 4 is 11.6 Å². The number of aromatic nitrogens is 1. The largest absolute Gasteiger partial charge is 0.488 e. The van der Waals surface area contributed by atoms with E-state index in [1.165, 1.54) is 26.1 Å². The molecule has 2 saturated heterocycles. The Morgan fingerprint density at radius 2 is 2.35 bits per heavy atom. The number of fused-ring (bicyclic) bond motifs is 2. The summed E-state index contributed by atoms with van der Waals surface area (Å²) < 4.78 is 6.16. The van der Waals surface area contributed by atoms with Gasteiger partial charge in [0, 0.05) is 24.9 Å². The molecule has 0 saturated carbocycles. The van der Waals surface area contributed by atoms with Crippen LogP contribution in [0, 0.1) is 5.41 Å². The topological polar surface area (TPSA) is 25.4 Å². The molecule has 1 aromatic heterocycles. The maximum atomic E-state index is 6.16. The minimum atomic E-state index is 0.308. The SMILES string of the molecule is Clc1ccc2c(n1)CC13CCN(CCC1O2)C3. The van der Waals surface area contributed by atoms with Gasteiger partial charge >= 0.3 is 0 Å². The Labute approximate surface area is 106 Å². The number of hydrogen-bond acceptors (Lipinski definition) is 3. The normalized spacial score (nSPS) is 38.2. The van der Waals surface area contributed by atoms with E-state index in [4.69, 9.17) is 16.3 Å². The van der Waals surface area contributed by atoms with Gasteiger partial charge in [0.25, 0.3) is 0 Å². The van der Waals surface area contributed by atoms with Crippen LogP contribution in [-0.2, 0) is 6.42 Å². The van der Waals surface area contributed by atoms with Gasteiger partial charge in [0.2, 0.25) is 0 Å². The van der Waals surface area contributed by atoms with Crippen molar-refractivity contribution in [3.05, 3.63) is 23.0 Å². The third-order valence-electron chi connectivity index (χ3n) is 4.54. The van der Waals surface area contributed by atoms with Crippen LogP contribution in [0.1, 0.15) is 18.5 Å². The second-order valence-corrected chi connectivity index (χ2v) is 5.93. The highest BCUT2D eigenvalue weighted by molar-refractivity contribution is 6.29. The van der Waals surface area contributed by atoms with E-state index in [1.54, 1.807) is 0 Å². The second-order valence-electron chi connectivity index (χ2n) is 5.54. The van der Waals surface area contributed by atoms with E-state index < -0.39 is 0 Å². The highest BCUT2D eigenvalue weighted by atomic mass is 35.5. The Hall–Kier alpha value is -0.800. The zero-order valence-corrected chi connectivity index (χ0v) is 10.4. The molecule has 4 rings (SSSR count). The van der Waals surface area contributed by atoms with Crippen LogP contribution in [0.3, 0.4) is 0 Å². The smallest absolute Gasteiger partial charge is 0.141 e. The molecular formula is C13H15ClN2O. The van der Waals surface area contributed by atoms with E-state index in [0.29, 0.717) is 16.7 Å². The molecule has 3 unspecified atom stereocenters. The van der Waals surface area contributed by atoms with E-state index in [-0.39, 0.29) is 0 Å². The van der Waals surface area contributed by atoms with Crippen LogP contribution in [0.15, 0.2) is 12.1 Å². The maximum Gasteiger partial charge on any atom is 0.141 e. The Balaban J connectivity index is 1.77. The van der Waals surface area contributed by atoms with Gasteiger partial charge in [-0.25, -0.2) is 4.98 Å². The third-order valence-corrected chi connectivity index (χ3v) is 4.75. The number of hydrogen-bond donors (Lipinski definition) is 0. The summed E-state index contributed by atoms with van der Waals surface area (Å²) in [6.07, 6.45) is 3.81. The molecule has 0 radical (unpaired) electrons. The summed E-state index contributed by atoms with van der Waals surface area (Å²) >= 11 is 5.97. The third kappa shape index (κ3) is 1.42. The predicted octanol–water partition coefficient (Wildman–Crippen LogP) is 2.13. The number of piperidine rings is 1. The first kappa shape index (κ1) is 10.2. The molecule has 17 heavy (non-hydrogen) atoms. The molecule has 4 heteroatoms. The molecular weight excluding hydrogens is 236 g/mol. The number of ether oxygens (including phenoxy) is 1. The minimum Gasteiger partial charge on any atom is -0.488 e. The summed E-state index contributed by atoms with van der Waals surface area (Å²) in [5.74, 6) is 0.949. The lowest BCUT2D eigenvalue weighted by Crippen LogP contribution is -2.50. The van der Waals surface area contributed by atoms with Gasteiger partial charge in [0.05, 0.1) is 5.69 Å². The van der Waals surface area contributed by atoms with Crippen molar-refractivity contribution in [3.63, 3.8) is 0 Å². The molecule has 1 aromatic rings. The molecule has 3 aliphatic heterocycles. The van der Waals surface area contributed by atoms with Crippen LogP contribution >= 0.6 is 11.6 Å². The van der Waals surface area contributed by atoms with Crippen LogP contribution < -0.4 is 4.74 Å². The lowest BCUT2D eigenvalue weighted by Gasteiger charge is -2.44. The van der Waals surface area contributed by atoms with Gasteiger partial charge in [0.1, 0.15) is 17.0 Å². The van der Waals surface area contributed by atoms with Gasteiger partial charge in [-0.1, -0.05) is 11.6 Å². The minimum absolute atomic E-state index is 0.308. The van der Waals surface area contributed by atoms with Crippen molar-refractivity contribution in [2.75, 3.05) is 19.6 Å². The first-order chi connectivity index (χ1) is 8.25. The van der Waals surface area contributed by atoms with Gasteiger partial charge in [-0.3, -0.25) is 0 Å². The van der Waals surface area contributed by atoms with Gasteiger partial charge in [0.15, 0.2) is 0 Å². The van der Waals surface area contributed by atoms with E-state index in [9.17, 15) is 0 Å². The van der Waals surface area contributed by atoms with Crippen molar-refractivity contribution in [1.82, 2.24) is 9.88 Å². The molecule has 1 spiro atoms. The fraction of sp³-hybridized carbons (Fsp3) is 0.615. The van der Waals surface area contributed by atoms with Crippen molar-refractivity contribution in [2.45, 2.75) is 25.4 Å². The highest BCUT2D eigenvalue weighted by Gasteiger charge is 2.51. The predicted molar refractivity (Wildman–Crippen MR) is 65.5 cm³/mol. The Morgan fingerprint density at radius 1 is 1.41 bits per heavy atom. The van der Waals surface area contributed by atoms with Crippen LogP contribution in [0.5, 0.6) is 5.75 Å². The maximum absolute atomic E-state index is 6.16. The van der Waals surface area contributed by atoms with Crippen molar-refractivity contribution < 1.29 is 4.74 Å². The molecule has 4 heterocycles. The summed E-state index contributed by atoms with van der Waals surface area (Å²) in [6, 6.07) is 3.79. The van der Waals surface area contributed by atoms with E-state index >= 15 is 0 Å². The second kappa shape index (κ2) is 3.36. The van der Waals surface area contributed by atoms with Crippen LogP contribution in [0.2, 0.25) is 5.15 Å².